The van der Waals surface area contributed by atoms with E-state index in [1.54, 1.807) is 6.08 Å². The summed E-state index contributed by atoms with van der Waals surface area (Å²) in [5.74, 6) is -0.833. The van der Waals surface area contributed by atoms with Gasteiger partial charge in [0.2, 0.25) is 0 Å². The maximum atomic E-state index is 13.4. The number of rotatable bonds is 2. The second-order valence-electron chi connectivity index (χ2n) is 3.30. The molecule has 0 fully saturated rings. The molecule has 0 radical (unpaired) electrons. The van der Waals surface area contributed by atoms with Gasteiger partial charge >= 0.3 is 0 Å². The quantitative estimate of drug-likeness (QED) is 0.810. The van der Waals surface area contributed by atoms with Crippen LogP contribution in [-0.4, -0.2) is 13.2 Å². The first-order valence-electron chi connectivity index (χ1n) is 4.74. The van der Waals surface area contributed by atoms with Crippen molar-refractivity contribution in [2.24, 2.45) is 5.73 Å². The molecule has 0 amide bonds. The second-order valence-corrected chi connectivity index (χ2v) is 3.30. The monoisotopic (exact) mass is 211 g/mol. The van der Waals surface area contributed by atoms with Gasteiger partial charge in [-0.1, -0.05) is 12.2 Å². The van der Waals surface area contributed by atoms with Crippen molar-refractivity contribution in [2.75, 3.05) is 13.2 Å². The first kappa shape index (κ1) is 10.1. The van der Waals surface area contributed by atoms with Gasteiger partial charge in [-0.3, -0.25) is 0 Å². The number of ether oxygens (including phenoxy) is 1. The molecule has 0 saturated carbocycles. The minimum atomic E-state index is -0.613. The van der Waals surface area contributed by atoms with E-state index < -0.39 is 11.6 Å². The Balaban J connectivity index is 2.54. The summed E-state index contributed by atoms with van der Waals surface area (Å²) in [6, 6.07) is 0.893. The highest BCUT2D eigenvalue weighted by molar-refractivity contribution is 5.62. The molecule has 1 aromatic rings. The minimum Gasteiger partial charge on any atom is -0.492 e. The van der Waals surface area contributed by atoms with Crippen LogP contribution in [0.4, 0.5) is 8.78 Å². The van der Waals surface area contributed by atoms with Gasteiger partial charge in [0.25, 0.3) is 0 Å². The Kier molecular flexibility index (Phi) is 2.68. The van der Waals surface area contributed by atoms with Gasteiger partial charge in [-0.15, -0.1) is 0 Å². The molecule has 1 aliphatic rings. The standard InChI is InChI=1S/C11H11F2NO/c12-9-6-10(13)8-3-5-15-11(8)7(9)2-1-4-14/h1-2,6H,3-5,14H2/b2-1+. The van der Waals surface area contributed by atoms with Crippen LogP contribution in [0.3, 0.4) is 0 Å². The van der Waals surface area contributed by atoms with Crippen molar-refractivity contribution in [3.8, 4) is 5.75 Å². The molecule has 0 unspecified atom stereocenters. The van der Waals surface area contributed by atoms with Gasteiger partial charge < -0.3 is 10.5 Å². The zero-order valence-corrected chi connectivity index (χ0v) is 8.09. The van der Waals surface area contributed by atoms with Crippen LogP contribution in [0.5, 0.6) is 5.75 Å². The zero-order chi connectivity index (χ0) is 10.8. The fourth-order valence-corrected chi connectivity index (χ4v) is 1.65. The SMILES string of the molecule is NC/C=C/c1c(F)cc(F)c2c1OCC2. The third-order valence-electron chi connectivity index (χ3n) is 2.34. The number of halogens is 2. The molecule has 2 N–H and O–H groups in total. The van der Waals surface area contributed by atoms with Gasteiger partial charge in [-0.2, -0.15) is 0 Å². The number of benzene rings is 1. The van der Waals surface area contributed by atoms with Crippen LogP contribution in [0.1, 0.15) is 11.1 Å². The molecule has 2 nitrogen and oxygen atoms in total. The van der Waals surface area contributed by atoms with Crippen LogP contribution >= 0.6 is 0 Å². The lowest BCUT2D eigenvalue weighted by atomic mass is 10.1. The van der Waals surface area contributed by atoms with Gasteiger partial charge in [0, 0.05) is 24.6 Å². The third-order valence-corrected chi connectivity index (χ3v) is 2.34. The van der Waals surface area contributed by atoms with Crippen LogP contribution in [0, 0.1) is 11.6 Å². The molecule has 1 heterocycles. The lowest BCUT2D eigenvalue weighted by Crippen LogP contribution is -1.95. The maximum absolute atomic E-state index is 13.4. The molecule has 4 heteroatoms. The second kappa shape index (κ2) is 3.98. The van der Waals surface area contributed by atoms with E-state index in [0.717, 1.165) is 6.07 Å². The lowest BCUT2D eigenvalue weighted by molar-refractivity contribution is 0.354. The Morgan fingerprint density at radius 3 is 2.93 bits per heavy atom. The summed E-state index contributed by atoms with van der Waals surface area (Å²) in [7, 11) is 0. The Bertz CT molecular complexity index is 416. The highest BCUT2D eigenvalue weighted by Crippen LogP contribution is 2.34. The molecule has 0 saturated heterocycles. The molecule has 1 aliphatic heterocycles. The van der Waals surface area contributed by atoms with E-state index in [1.165, 1.54) is 6.08 Å². The molecule has 0 spiro atoms. The van der Waals surface area contributed by atoms with Gasteiger partial charge in [0.05, 0.1) is 12.2 Å². The van der Waals surface area contributed by atoms with Crippen molar-refractivity contribution in [3.05, 3.63) is 34.9 Å². The summed E-state index contributed by atoms with van der Waals surface area (Å²) in [6.07, 6.45) is 3.63. The van der Waals surface area contributed by atoms with Crippen LogP contribution in [0.2, 0.25) is 0 Å². The Morgan fingerprint density at radius 2 is 2.20 bits per heavy atom. The molecule has 0 atom stereocenters. The van der Waals surface area contributed by atoms with Gasteiger partial charge in [-0.05, 0) is 0 Å². The Labute approximate surface area is 86.3 Å². The smallest absolute Gasteiger partial charge is 0.137 e. The van der Waals surface area contributed by atoms with Gasteiger partial charge in [0.1, 0.15) is 17.4 Å². The van der Waals surface area contributed by atoms with Crippen LogP contribution in [0.15, 0.2) is 12.1 Å². The molecule has 15 heavy (non-hydrogen) atoms. The summed E-state index contributed by atoms with van der Waals surface area (Å²) in [5, 5.41) is 0. The molecular formula is C11H11F2NO. The Hall–Kier alpha value is -1.42. The van der Waals surface area contributed by atoms with E-state index in [9.17, 15) is 8.78 Å². The topological polar surface area (TPSA) is 35.2 Å². The van der Waals surface area contributed by atoms with E-state index in [1.807, 2.05) is 0 Å². The highest BCUT2D eigenvalue weighted by atomic mass is 19.1. The van der Waals surface area contributed by atoms with E-state index >= 15 is 0 Å². The van der Waals surface area contributed by atoms with E-state index in [-0.39, 0.29) is 5.56 Å². The first-order chi connectivity index (χ1) is 7.24. The van der Waals surface area contributed by atoms with Crippen molar-refractivity contribution >= 4 is 6.08 Å². The number of hydrogen-bond donors (Lipinski definition) is 1. The number of hydrogen-bond acceptors (Lipinski definition) is 2. The third kappa shape index (κ3) is 1.72. The molecule has 1 aromatic carbocycles. The van der Waals surface area contributed by atoms with E-state index in [4.69, 9.17) is 10.5 Å². The van der Waals surface area contributed by atoms with Crippen molar-refractivity contribution < 1.29 is 13.5 Å². The fourth-order valence-electron chi connectivity index (χ4n) is 1.65. The number of nitrogens with two attached hydrogens (primary N) is 1. The predicted molar refractivity (Wildman–Crippen MR) is 53.6 cm³/mol. The lowest BCUT2D eigenvalue weighted by Gasteiger charge is -2.06. The fraction of sp³-hybridized carbons (Fsp3) is 0.273. The summed E-state index contributed by atoms with van der Waals surface area (Å²) in [5.41, 5.74) is 6.02. The summed E-state index contributed by atoms with van der Waals surface area (Å²) in [4.78, 5) is 0. The molecule has 2 rings (SSSR count). The zero-order valence-electron chi connectivity index (χ0n) is 8.09. The summed E-state index contributed by atoms with van der Waals surface area (Å²) < 4.78 is 31.9. The van der Waals surface area contributed by atoms with Crippen molar-refractivity contribution in [2.45, 2.75) is 6.42 Å². The first-order valence-corrected chi connectivity index (χ1v) is 4.74. The molecule has 0 bridgehead atoms. The molecule has 0 aromatic heterocycles. The van der Waals surface area contributed by atoms with E-state index in [2.05, 4.69) is 0 Å². The predicted octanol–water partition coefficient (Wildman–Crippen LogP) is 1.87. The average molecular weight is 211 g/mol. The summed E-state index contributed by atoms with van der Waals surface area (Å²) >= 11 is 0. The van der Waals surface area contributed by atoms with Gasteiger partial charge in [0.15, 0.2) is 0 Å². The molecule has 0 aliphatic carbocycles. The molecule has 80 valence electrons. The van der Waals surface area contributed by atoms with Crippen molar-refractivity contribution in [1.29, 1.82) is 0 Å². The molecular weight excluding hydrogens is 200 g/mol. The van der Waals surface area contributed by atoms with Gasteiger partial charge in [-0.25, -0.2) is 8.78 Å². The maximum Gasteiger partial charge on any atom is 0.137 e. The van der Waals surface area contributed by atoms with E-state index in [0.29, 0.717) is 30.9 Å². The van der Waals surface area contributed by atoms with Crippen molar-refractivity contribution in [3.63, 3.8) is 0 Å². The summed E-state index contributed by atoms with van der Waals surface area (Å²) in [6.45, 7) is 0.713. The highest BCUT2D eigenvalue weighted by Gasteiger charge is 2.22. The normalized spacial score (nSPS) is 14.3. The largest absolute Gasteiger partial charge is 0.492 e. The average Bonchev–Trinajstić information content (AvgIpc) is 2.66. The van der Waals surface area contributed by atoms with Crippen molar-refractivity contribution in [1.82, 2.24) is 0 Å². The van der Waals surface area contributed by atoms with Crippen LogP contribution in [0.25, 0.3) is 6.08 Å². The minimum absolute atomic E-state index is 0.286. The number of fused-ring (bicyclic) bond motifs is 1. The Morgan fingerprint density at radius 1 is 1.40 bits per heavy atom. The van der Waals surface area contributed by atoms with Crippen LogP contribution in [-0.2, 0) is 6.42 Å². The van der Waals surface area contributed by atoms with Crippen LogP contribution < -0.4 is 10.5 Å².